The molecule has 0 fully saturated rings. The third-order valence-corrected chi connectivity index (χ3v) is 4.42. The van der Waals surface area contributed by atoms with Crippen molar-refractivity contribution in [2.75, 3.05) is 11.9 Å². The molecule has 1 aromatic carbocycles. The fourth-order valence-corrected chi connectivity index (χ4v) is 3.14. The lowest BCUT2D eigenvalue weighted by Gasteiger charge is -2.13. The van der Waals surface area contributed by atoms with Gasteiger partial charge >= 0.3 is 11.8 Å². The molecule has 0 radical (unpaired) electrons. The van der Waals surface area contributed by atoms with Crippen molar-refractivity contribution in [3.8, 4) is 0 Å². The van der Waals surface area contributed by atoms with Gasteiger partial charge in [0.2, 0.25) is 0 Å². The number of aromatic nitrogens is 1. The number of anilines is 1. The topological polar surface area (TPSA) is 71.1 Å². The summed E-state index contributed by atoms with van der Waals surface area (Å²) in [6.07, 6.45) is 7.76. The predicted molar refractivity (Wildman–Crippen MR) is 99.3 cm³/mol. The van der Waals surface area contributed by atoms with E-state index in [4.69, 9.17) is 0 Å². The molecule has 0 saturated heterocycles. The number of aryl methyl sites for hydroxylation is 1. The number of pyridine rings is 1. The lowest BCUT2D eigenvalue weighted by Crippen LogP contribution is -2.36. The third-order valence-electron chi connectivity index (χ3n) is 4.42. The number of allylic oxidation sites excluding steroid dienone is 1. The Labute approximate surface area is 147 Å². The van der Waals surface area contributed by atoms with Gasteiger partial charge in [-0.3, -0.25) is 14.6 Å². The van der Waals surface area contributed by atoms with Gasteiger partial charge in [-0.25, -0.2) is 0 Å². The van der Waals surface area contributed by atoms with Gasteiger partial charge in [-0.1, -0.05) is 29.8 Å². The summed E-state index contributed by atoms with van der Waals surface area (Å²) in [5.41, 5.74) is 3.57. The number of fused-ring (bicyclic) bond motifs is 1. The zero-order valence-electron chi connectivity index (χ0n) is 14.5. The van der Waals surface area contributed by atoms with Crippen molar-refractivity contribution in [3.05, 3.63) is 47.7 Å². The number of nitrogens with one attached hydrogen (secondary N) is 2. The quantitative estimate of drug-likeness (QED) is 0.663. The number of hydrogen-bond donors (Lipinski definition) is 2. The van der Waals surface area contributed by atoms with Crippen LogP contribution in [0.15, 0.2) is 42.0 Å². The zero-order chi connectivity index (χ0) is 17.6. The van der Waals surface area contributed by atoms with Gasteiger partial charge in [0, 0.05) is 17.6 Å². The molecule has 25 heavy (non-hydrogen) atoms. The molecule has 0 atom stereocenters. The fraction of sp³-hybridized carbons (Fsp3) is 0.350. The number of carbonyl (C=O) groups is 2. The number of benzene rings is 1. The summed E-state index contributed by atoms with van der Waals surface area (Å²) in [6, 6.07) is 9.32. The van der Waals surface area contributed by atoms with E-state index in [0.717, 1.165) is 35.9 Å². The molecule has 1 aliphatic rings. The van der Waals surface area contributed by atoms with Crippen molar-refractivity contribution in [1.82, 2.24) is 10.3 Å². The van der Waals surface area contributed by atoms with Crippen LogP contribution in [0.4, 0.5) is 5.69 Å². The Morgan fingerprint density at radius 1 is 1.16 bits per heavy atom. The van der Waals surface area contributed by atoms with Crippen molar-refractivity contribution in [2.45, 2.75) is 39.0 Å². The highest BCUT2D eigenvalue weighted by molar-refractivity contribution is 6.40. The molecule has 0 aliphatic heterocycles. The van der Waals surface area contributed by atoms with Crippen molar-refractivity contribution < 1.29 is 9.59 Å². The Morgan fingerprint density at radius 2 is 2.00 bits per heavy atom. The van der Waals surface area contributed by atoms with Crippen LogP contribution in [-0.2, 0) is 9.59 Å². The highest BCUT2D eigenvalue weighted by atomic mass is 16.2. The van der Waals surface area contributed by atoms with E-state index in [-0.39, 0.29) is 0 Å². The van der Waals surface area contributed by atoms with Gasteiger partial charge in [-0.2, -0.15) is 0 Å². The van der Waals surface area contributed by atoms with Gasteiger partial charge in [0.1, 0.15) is 0 Å². The maximum Gasteiger partial charge on any atom is 0.313 e. The van der Waals surface area contributed by atoms with E-state index in [1.807, 2.05) is 31.2 Å². The minimum absolute atomic E-state index is 0.494. The molecule has 0 spiro atoms. The SMILES string of the molecule is Cc1cc(NC(=O)C(=O)NCCC2=CCCCC2)c2ccccc2n1. The lowest BCUT2D eigenvalue weighted by atomic mass is 9.97. The first-order valence-corrected chi connectivity index (χ1v) is 8.77. The first kappa shape index (κ1) is 17.1. The molecule has 2 amide bonds. The molecule has 1 aliphatic carbocycles. The van der Waals surface area contributed by atoms with E-state index in [1.54, 1.807) is 6.07 Å². The van der Waals surface area contributed by atoms with E-state index in [1.165, 1.54) is 18.4 Å². The Kier molecular flexibility index (Phi) is 5.43. The van der Waals surface area contributed by atoms with Crippen LogP contribution in [0.3, 0.4) is 0 Å². The molecule has 1 aromatic heterocycles. The normalized spacial score (nSPS) is 14.0. The summed E-state index contributed by atoms with van der Waals surface area (Å²) < 4.78 is 0. The molecule has 5 nitrogen and oxygen atoms in total. The minimum atomic E-state index is -0.645. The highest BCUT2D eigenvalue weighted by Crippen LogP contribution is 2.23. The molecule has 1 heterocycles. The van der Waals surface area contributed by atoms with Crippen LogP contribution < -0.4 is 10.6 Å². The van der Waals surface area contributed by atoms with E-state index in [2.05, 4.69) is 21.7 Å². The standard InChI is InChI=1S/C20H23N3O2/c1-14-13-18(16-9-5-6-10-17(16)22-14)23-20(25)19(24)21-12-11-15-7-3-2-4-8-15/h5-7,9-10,13H,2-4,8,11-12H2,1H3,(H,21,24)(H,22,23,25). The molecule has 0 bridgehead atoms. The molecule has 5 heteroatoms. The van der Waals surface area contributed by atoms with Crippen molar-refractivity contribution in [1.29, 1.82) is 0 Å². The number of para-hydroxylation sites is 1. The van der Waals surface area contributed by atoms with Crippen LogP contribution in [0, 0.1) is 6.92 Å². The van der Waals surface area contributed by atoms with Gasteiger partial charge in [0.05, 0.1) is 11.2 Å². The Hall–Kier alpha value is -2.69. The number of rotatable bonds is 4. The zero-order valence-corrected chi connectivity index (χ0v) is 14.5. The third kappa shape index (κ3) is 4.44. The Morgan fingerprint density at radius 3 is 2.80 bits per heavy atom. The number of nitrogens with zero attached hydrogens (tertiary/aromatic N) is 1. The molecule has 3 rings (SSSR count). The lowest BCUT2D eigenvalue weighted by molar-refractivity contribution is -0.136. The van der Waals surface area contributed by atoms with Gasteiger partial charge in [0.25, 0.3) is 0 Å². The van der Waals surface area contributed by atoms with Gasteiger partial charge < -0.3 is 10.6 Å². The van der Waals surface area contributed by atoms with Crippen LogP contribution >= 0.6 is 0 Å². The van der Waals surface area contributed by atoms with Crippen LogP contribution in [-0.4, -0.2) is 23.3 Å². The van der Waals surface area contributed by atoms with E-state index >= 15 is 0 Å². The van der Waals surface area contributed by atoms with Crippen LogP contribution in [0.25, 0.3) is 10.9 Å². The number of carbonyl (C=O) groups excluding carboxylic acids is 2. The largest absolute Gasteiger partial charge is 0.348 e. The first-order chi connectivity index (χ1) is 12.1. The molecule has 2 aromatic rings. The van der Waals surface area contributed by atoms with Crippen molar-refractivity contribution in [2.24, 2.45) is 0 Å². The van der Waals surface area contributed by atoms with Crippen molar-refractivity contribution >= 4 is 28.4 Å². The molecule has 0 saturated carbocycles. The molecule has 130 valence electrons. The summed E-state index contributed by atoms with van der Waals surface area (Å²) >= 11 is 0. The monoisotopic (exact) mass is 337 g/mol. The summed E-state index contributed by atoms with van der Waals surface area (Å²) in [6.45, 7) is 2.36. The maximum atomic E-state index is 12.2. The second kappa shape index (κ2) is 7.92. The molecule has 0 unspecified atom stereocenters. The van der Waals surface area contributed by atoms with Gasteiger partial charge in [0.15, 0.2) is 0 Å². The molecule has 2 N–H and O–H groups in total. The Balaban J connectivity index is 1.60. The number of amides is 2. The second-order valence-corrected chi connectivity index (χ2v) is 6.40. The summed E-state index contributed by atoms with van der Waals surface area (Å²) in [5, 5.41) is 6.23. The minimum Gasteiger partial charge on any atom is -0.348 e. The van der Waals surface area contributed by atoms with Gasteiger partial charge in [-0.05, 0) is 51.2 Å². The van der Waals surface area contributed by atoms with E-state index in [0.29, 0.717) is 12.2 Å². The molecular formula is C20H23N3O2. The van der Waals surface area contributed by atoms with Crippen LogP contribution in [0.1, 0.15) is 37.8 Å². The van der Waals surface area contributed by atoms with Crippen LogP contribution in [0.5, 0.6) is 0 Å². The smallest absolute Gasteiger partial charge is 0.313 e. The van der Waals surface area contributed by atoms with E-state index < -0.39 is 11.8 Å². The van der Waals surface area contributed by atoms with E-state index in [9.17, 15) is 9.59 Å². The summed E-state index contributed by atoms with van der Waals surface area (Å²) in [4.78, 5) is 28.7. The van der Waals surface area contributed by atoms with Crippen LogP contribution in [0.2, 0.25) is 0 Å². The highest BCUT2D eigenvalue weighted by Gasteiger charge is 2.15. The van der Waals surface area contributed by atoms with Crippen molar-refractivity contribution in [3.63, 3.8) is 0 Å². The second-order valence-electron chi connectivity index (χ2n) is 6.40. The average molecular weight is 337 g/mol. The maximum absolute atomic E-state index is 12.2. The average Bonchev–Trinajstić information content (AvgIpc) is 2.62. The van der Waals surface area contributed by atoms with Gasteiger partial charge in [-0.15, -0.1) is 0 Å². The first-order valence-electron chi connectivity index (χ1n) is 8.77. The molecular weight excluding hydrogens is 314 g/mol. The summed E-state index contributed by atoms with van der Waals surface area (Å²) in [7, 11) is 0. The Bertz CT molecular complexity index is 827. The fourth-order valence-electron chi connectivity index (χ4n) is 3.14. The predicted octanol–water partition coefficient (Wildman–Crippen LogP) is 3.49. The summed E-state index contributed by atoms with van der Waals surface area (Å²) in [5.74, 6) is -1.25. The number of hydrogen-bond acceptors (Lipinski definition) is 3.